The van der Waals surface area contributed by atoms with Crippen LogP contribution in [0.3, 0.4) is 0 Å². The highest BCUT2D eigenvalue weighted by molar-refractivity contribution is 7.96. The summed E-state index contributed by atoms with van der Waals surface area (Å²) in [6.07, 6.45) is 0.0865. The Kier molecular flexibility index (Phi) is 5.40. The van der Waals surface area contributed by atoms with Crippen LogP contribution in [-0.4, -0.2) is 45.3 Å². The molecule has 28 heavy (non-hydrogen) atoms. The molecule has 0 bridgehead atoms. The van der Waals surface area contributed by atoms with Crippen LogP contribution in [0, 0.1) is 0 Å². The fraction of sp³-hybridized carbons (Fsp3) is 0.263. The Labute approximate surface area is 163 Å². The molecule has 1 atom stereocenters. The SMILES string of the molecule is CC(=O)c1ccc(NC(=O)c2ccc(S(=O)(=O)[C@H]3CCS(=O)(=O)C3)cc2)cc1. The maximum absolute atomic E-state index is 12.6. The van der Waals surface area contributed by atoms with Gasteiger partial charge in [-0.3, -0.25) is 9.59 Å². The topological polar surface area (TPSA) is 114 Å². The van der Waals surface area contributed by atoms with Gasteiger partial charge in [0.05, 0.1) is 21.7 Å². The number of sulfone groups is 2. The molecule has 2 aromatic rings. The van der Waals surface area contributed by atoms with E-state index < -0.39 is 30.8 Å². The lowest BCUT2D eigenvalue weighted by atomic mass is 10.1. The molecule has 1 aliphatic heterocycles. The Balaban J connectivity index is 1.73. The van der Waals surface area contributed by atoms with Gasteiger partial charge in [-0.1, -0.05) is 0 Å². The molecule has 0 saturated carbocycles. The maximum atomic E-state index is 12.6. The van der Waals surface area contributed by atoms with E-state index >= 15 is 0 Å². The van der Waals surface area contributed by atoms with Crippen LogP contribution in [-0.2, 0) is 19.7 Å². The number of hydrogen-bond acceptors (Lipinski definition) is 6. The van der Waals surface area contributed by atoms with Crippen molar-refractivity contribution >= 4 is 37.1 Å². The van der Waals surface area contributed by atoms with E-state index in [0.717, 1.165) is 0 Å². The summed E-state index contributed by atoms with van der Waals surface area (Å²) in [5.74, 6) is -0.999. The van der Waals surface area contributed by atoms with Crippen molar-refractivity contribution in [1.82, 2.24) is 0 Å². The van der Waals surface area contributed by atoms with Gasteiger partial charge in [0.25, 0.3) is 5.91 Å². The molecule has 1 aliphatic rings. The van der Waals surface area contributed by atoms with Gasteiger partial charge in [-0.05, 0) is 61.9 Å². The zero-order valence-corrected chi connectivity index (χ0v) is 16.7. The Hall–Kier alpha value is -2.52. The minimum Gasteiger partial charge on any atom is -0.322 e. The second-order valence-corrected chi connectivity index (χ2v) is 11.1. The highest BCUT2D eigenvalue weighted by Crippen LogP contribution is 2.25. The molecule has 1 fully saturated rings. The minimum atomic E-state index is -3.77. The molecule has 9 heteroatoms. The van der Waals surface area contributed by atoms with Gasteiger partial charge >= 0.3 is 0 Å². The van der Waals surface area contributed by atoms with Gasteiger partial charge in [0.15, 0.2) is 25.5 Å². The first-order valence-electron chi connectivity index (χ1n) is 8.55. The minimum absolute atomic E-state index is 0.00281. The molecule has 1 N–H and O–H groups in total. The van der Waals surface area contributed by atoms with Gasteiger partial charge in [-0.15, -0.1) is 0 Å². The van der Waals surface area contributed by atoms with Crippen molar-refractivity contribution in [2.24, 2.45) is 0 Å². The molecule has 0 radical (unpaired) electrons. The van der Waals surface area contributed by atoms with Gasteiger partial charge < -0.3 is 5.32 Å². The Morgan fingerprint density at radius 1 is 0.964 bits per heavy atom. The monoisotopic (exact) mass is 421 g/mol. The molecule has 0 aromatic heterocycles. The lowest BCUT2D eigenvalue weighted by molar-refractivity contribution is 0.101. The second kappa shape index (κ2) is 7.48. The summed E-state index contributed by atoms with van der Waals surface area (Å²) in [6, 6.07) is 11.8. The van der Waals surface area contributed by atoms with Gasteiger partial charge in [-0.2, -0.15) is 0 Å². The van der Waals surface area contributed by atoms with Crippen LogP contribution in [0.1, 0.15) is 34.1 Å². The summed E-state index contributed by atoms with van der Waals surface area (Å²) in [7, 11) is -7.08. The molecular weight excluding hydrogens is 402 g/mol. The highest BCUT2D eigenvalue weighted by atomic mass is 32.2. The fourth-order valence-electron chi connectivity index (χ4n) is 2.99. The summed E-state index contributed by atoms with van der Waals surface area (Å²) in [4.78, 5) is 23.6. The predicted octanol–water partition coefficient (Wildman–Crippen LogP) is 2.10. The van der Waals surface area contributed by atoms with Crippen LogP contribution in [0.2, 0.25) is 0 Å². The first-order chi connectivity index (χ1) is 13.1. The van der Waals surface area contributed by atoms with Crippen LogP contribution in [0.5, 0.6) is 0 Å². The summed E-state index contributed by atoms with van der Waals surface area (Å²) < 4.78 is 48.3. The van der Waals surface area contributed by atoms with E-state index in [0.29, 0.717) is 11.3 Å². The number of Topliss-reactive ketones (excluding diaryl/α,β-unsaturated/α-hetero) is 1. The number of nitrogens with one attached hydrogen (secondary N) is 1. The Bertz CT molecular complexity index is 1120. The molecule has 1 saturated heterocycles. The van der Waals surface area contributed by atoms with Crippen molar-refractivity contribution < 1.29 is 26.4 Å². The van der Waals surface area contributed by atoms with Crippen molar-refractivity contribution in [2.75, 3.05) is 16.8 Å². The van der Waals surface area contributed by atoms with Crippen LogP contribution >= 0.6 is 0 Å². The third-order valence-corrected chi connectivity index (χ3v) is 8.81. The number of carbonyl (C=O) groups is 2. The molecule has 0 spiro atoms. The average Bonchev–Trinajstić information content (AvgIpc) is 3.03. The molecule has 3 rings (SSSR count). The van der Waals surface area contributed by atoms with Crippen LogP contribution in [0.4, 0.5) is 5.69 Å². The van der Waals surface area contributed by atoms with Crippen molar-refractivity contribution in [3.05, 3.63) is 59.7 Å². The number of benzene rings is 2. The molecule has 1 heterocycles. The first kappa shape index (κ1) is 20.2. The summed E-state index contributed by atoms with van der Waals surface area (Å²) >= 11 is 0. The molecule has 148 valence electrons. The van der Waals surface area contributed by atoms with E-state index in [1.54, 1.807) is 24.3 Å². The van der Waals surface area contributed by atoms with Crippen LogP contribution < -0.4 is 5.32 Å². The second-order valence-electron chi connectivity index (χ2n) is 6.68. The van der Waals surface area contributed by atoms with Crippen molar-refractivity contribution in [3.63, 3.8) is 0 Å². The lowest BCUT2D eigenvalue weighted by Crippen LogP contribution is -2.22. The van der Waals surface area contributed by atoms with E-state index in [9.17, 15) is 26.4 Å². The molecule has 0 unspecified atom stereocenters. The van der Waals surface area contributed by atoms with Crippen LogP contribution in [0.25, 0.3) is 0 Å². The molecule has 1 amide bonds. The number of amides is 1. The zero-order valence-electron chi connectivity index (χ0n) is 15.1. The number of carbonyl (C=O) groups excluding carboxylic acids is 2. The zero-order chi connectivity index (χ0) is 20.5. The standard InChI is InChI=1S/C19H19NO6S2/c1-13(21)14-2-6-16(7-3-14)20-19(22)15-4-8-17(9-5-15)28(25,26)18-10-11-27(23,24)12-18/h2-9,18H,10-12H2,1H3,(H,20,22)/t18-/m0/s1. The fourth-order valence-corrected chi connectivity index (χ4v) is 7.35. The van der Waals surface area contributed by atoms with Crippen LogP contribution in [0.15, 0.2) is 53.4 Å². The molecule has 7 nitrogen and oxygen atoms in total. The molecule has 0 aliphatic carbocycles. The summed E-state index contributed by atoms with van der Waals surface area (Å²) in [5.41, 5.74) is 1.29. The largest absolute Gasteiger partial charge is 0.322 e. The molecular formula is C19H19NO6S2. The van der Waals surface area contributed by atoms with Crippen molar-refractivity contribution in [3.8, 4) is 0 Å². The number of anilines is 1. The normalized spacial score (nSPS) is 18.5. The third-order valence-electron chi connectivity index (χ3n) is 4.62. The quantitative estimate of drug-likeness (QED) is 0.740. The van der Waals surface area contributed by atoms with Gasteiger partial charge in [0, 0.05) is 16.8 Å². The number of hydrogen-bond donors (Lipinski definition) is 1. The summed E-state index contributed by atoms with van der Waals surface area (Å²) in [6.45, 7) is 1.45. The maximum Gasteiger partial charge on any atom is 0.255 e. The average molecular weight is 421 g/mol. The van der Waals surface area contributed by atoms with E-state index in [1.807, 2.05) is 0 Å². The third kappa shape index (κ3) is 4.31. The first-order valence-corrected chi connectivity index (χ1v) is 11.9. The number of ketones is 1. The van der Waals surface area contributed by atoms with Crippen molar-refractivity contribution in [1.29, 1.82) is 0 Å². The van der Waals surface area contributed by atoms with E-state index in [-0.39, 0.29) is 34.2 Å². The Morgan fingerprint density at radius 3 is 2.04 bits per heavy atom. The lowest BCUT2D eigenvalue weighted by Gasteiger charge is -2.11. The van der Waals surface area contributed by atoms with Crippen molar-refractivity contribution in [2.45, 2.75) is 23.5 Å². The van der Waals surface area contributed by atoms with E-state index in [2.05, 4.69) is 5.32 Å². The van der Waals surface area contributed by atoms with E-state index in [1.165, 1.54) is 31.2 Å². The Morgan fingerprint density at radius 2 is 1.54 bits per heavy atom. The molecule has 2 aromatic carbocycles. The predicted molar refractivity (Wildman–Crippen MR) is 105 cm³/mol. The highest BCUT2D eigenvalue weighted by Gasteiger charge is 2.37. The van der Waals surface area contributed by atoms with Gasteiger partial charge in [0.2, 0.25) is 0 Å². The smallest absolute Gasteiger partial charge is 0.255 e. The van der Waals surface area contributed by atoms with E-state index in [4.69, 9.17) is 0 Å². The van der Waals surface area contributed by atoms with Gasteiger partial charge in [0.1, 0.15) is 0 Å². The summed E-state index contributed by atoms with van der Waals surface area (Å²) in [5, 5.41) is 1.72. The van der Waals surface area contributed by atoms with Gasteiger partial charge in [-0.25, -0.2) is 16.8 Å². The number of rotatable bonds is 5.